The number of aliphatic hydroxyl groups excluding tert-OH is 1. The molecule has 0 aliphatic carbocycles. The van der Waals surface area contributed by atoms with Crippen LogP contribution in [-0.2, 0) is 10.0 Å². The molecule has 0 heterocycles. The second kappa shape index (κ2) is 5.60. The van der Waals surface area contributed by atoms with Crippen molar-refractivity contribution < 1.29 is 17.9 Å². The van der Waals surface area contributed by atoms with E-state index >= 15 is 0 Å². The standard InChI is InChI=1S/C14H14FNO3S/c1-10(17)11-3-2-4-13(9-11)16-20(18,19)14-7-5-12(15)6-8-14/h2-10,16-17H,1H3. The summed E-state index contributed by atoms with van der Waals surface area (Å²) in [7, 11) is -3.77. The molecule has 0 aliphatic heterocycles. The Labute approximate surface area is 116 Å². The lowest BCUT2D eigenvalue weighted by atomic mass is 10.1. The maximum absolute atomic E-state index is 12.8. The monoisotopic (exact) mass is 295 g/mol. The lowest BCUT2D eigenvalue weighted by Crippen LogP contribution is -2.13. The van der Waals surface area contributed by atoms with Crippen molar-refractivity contribution in [2.75, 3.05) is 4.72 Å². The van der Waals surface area contributed by atoms with E-state index in [0.29, 0.717) is 11.3 Å². The van der Waals surface area contributed by atoms with Crippen molar-refractivity contribution in [3.8, 4) is 0 Å². The summed E-state index contributed by atoms with van der Waals surface area (Å²) in [5.41, 5.74) is 0.942. The molecule has 4 nitrogen and oxygen atoms in total. The molecule has 0 amide bonds. The van der Waals surface area contributed by atoms with Gasteiger partial charge in [0.2, 0.25) is 0 Å². The molecule has 0 bridgehead atoms. The van der Waals surface area contributed by atoms with Gasteiger partial charge >= 0.3 is 0 Å². The molecule has 2 rings (SSSR count). The number of hydrogen-bond acceptors (Lipinski definition) is 3. The Hall–Kier alpha value is -1.92. The van der Waals surface area contributed by atoms with Gasteiger partial charge in [0.15, 0.2) is 0 Å². The van der Waals surface area contributed by atoms with E-state index in [1.807, 2.05) is 0 Å². The Morgan fingerprint density at radius 3 is 2.40 bits per heavy atom. The van der Waals surface area contributed by atoms with E-state index in [1.54, 1.807) is 31.2 Å². The fraction of sp³-hybridized carbons (Fsp3) is 0.143. The van der Waals surface area contributed by atoms with Crippen LogP contribution in [0.2, 0.25) is 0 Å². The number of hydrogen-bond donors (Lipinski definition) is 2. The highest BCUT2D eigenvalue weighted by Crippen LogP contribution is 2.20. The van der Waals surface area contributed by atoms with Gasteiger partial charge in [-0.25, -0.2) is 12.8 Å². The quantitative estimate of drug-likeness (QED) is 0.911. The Bertz CT molecular complexity index is 697. The van der Waals surface area contributed by atoms with Gasteiger partial charge in [0.1, 0.15) is 5.82 Å². The predicted molar refractivity (Wildman–Crippen MR) is 74.3 cm³/mol. The first-order chi connectivity index (χ1) is 9.38. The lowest BCUT2D eigenvalue weighted by molar-refractivity contribution is 0.199. The third kappa shape index (κ3) is 3.34. The molecule has 0 saturated heterocycles. The van der Waals surface area contributed by atoms with Gasteiger partial charge in [0.25, 0.3) is 10.0 Å². The molecular formula is C14H14FNO3S. The largest absolute Gasteiger partial charge is 0.389 e. The molecule has 2 aromatic rings. The summed E-state index contributed by atoms with van der Waals surface area (Å²) in [5.74, 6) is -0.500. The molecule has 0 saturated carbocycles. The van der Waals surface area contributed by atoms with Gasteiger partial charge in [-0.05, 0) is 48.9 Å². The smallest absolute Gasteiger partial charge is 0.261 e. The first-order valence-electron chi connectivity index (χ1n) is 5.95. The minimum Gasteiger partial charge on any atom is -0.389 e. The summed E-state index contributed by atoms with van der Waals surface area (Å²) in [6, 6.07) is 11.0. The zero-order chi connectivity index (χ0) is 14.8. The Morgan fingerprint density at radius 2 is 1.80 bits per heavy atom. The van der Waals surface area contributed by atoms with Crippen LogP contribution in [0.3, 0.4) is 0 Å². The SMILES string of the molecule is CC(O)c1cccc(NS(=O)(=O)c2ccc(F)cc2)c1. The topological polar surface area (TPSA) is 66.4 Å². The Morgan fingerprint density at radius 1 is 1.15 bits per heavy atom. The summed E-state index contributed by atoms with van der Waals surface area (Å²) in [4.78, 5) is -0.0265. The first kappa shape index (κ1) is 14.5. The summed E-state index contributed by atoms with van der Waals surface area (Å²) >= 11 is 0. The van der Waals surface area contributed by atoms with E-state index in [2.05, 4.69) is 4.72 Å². The lowest BCUT2D eigenvalue weighted by Gasteiger charge is -2.10. The van der Waals surface area contributed by atoms with Crippen molar-refractivity contribution in [3.63, 3.8) is 0 Å². The van der Waals surface area contributed by atoms with Crippen molar-refractivity contribution in [2.45, 2.75) is 17.9 Å². The highest BCUT2D eigenvalue weighted by Gasteiger charge is 2.14. The number of halogens is 1. The van der Waals surface area contributed by atoms with Crippen LogP contribution in [0.25, 0.3) is 0 Å². The van der Waals surface area contributed by atoms with E-state index in [4.69, 9.17) is 0 Å². The van der Waals surface area contributed by atoms with Crippen LogP contribution in [0.1, 0.15) is 18.6 Å². The van der Waals surface area contributed by atoms with E-state index in [9.17, 15) is 17.9 Å². The number of nitrogens with one attached hydrogen (secondary N) is 1. The zero-order valence-corrected chi connectivity index (χ0v) is 11.6. The molecule has 0 spiro atoms. The highest BCUT2D eigenvalue weighted by atomic mass is 32.2. The normalized spacial score (nSPS) is 12.9. The fourth-order valence-corrected chi connectivity index (χ4v) is 2.74. The van der Waals surface area contributed by atoms with Gasteiger partial charge in [-0.15, -0.1) is 0 Å². The van der Waals surface area contributed by atoms with Gasteiger partial charge < -0.3 is 5.11 Å². The average Bonchev–Trinajstić information content (AvgIpc) is 2.39. The summed E-state index contributed by atoms with van der Waals surface area (Å²) in [6.07, 6.45) is -0.690. The van der Waals surface area contributed by atoms with Crippen LogP contribution in [0, 0.1) is 5.82 Å². The van der Waals surface area contributed by atoms with Crippen molar-refractivity contribution >= 4 is 15.7 Å². The third-order valence-corrected chi connectivity index (χ3v) is 4.14. The zero-order valence-electron chi connectivity index (χ0n) is 10.7. The van der Waals surface area contributed by atoms with E-state index < -0.39 is 21.9 Å². The number of aliphatic hydroxyl groups is 1. The van der Waals surface area contributed by atoms with Crippen molar-refractivity contribution in [1.82, 2.24) is 0 Å². The Balaban J connectivity index is 2.28. The summed E-state index contributed by atoms with van der Waals surface area (Å²) in [5, 5.41) is 9.48. The molecule has 0 radical (unpaired) electrons. The molecule has 6 heteroatoms. The van der Waals surface area contributed by atoms with Gasteiger partial charge in [0, 0.05) is 5.69 Å². The average molecular weight is 295 g/mol. The number of anilines is 1. The van der Waals surface area contributed by atoms with Crippen molar-refractivity contribution in [3.05, 3.63) is 59.9 Å². The molecule has 106 valence electrons. The first-order valence-corrected chi connectivity index (χ1v) is 7.43. The van der Waals surface area contributed by atoms with Crippen molar-refractivity contribution in [2.24, 2.45) is 0 Å². The van der Waals surface area contributed by atoms with Gasteiger partial charge in [0.05, 0.1) is 11.0 Å². The minimum atomic E-state index is -3.77. The van der Waals surface area contributed by atoms with Crippen molar-refractivity contribution in [1.29, 1.82) is 0 Å². The molecular weight excluding hydrogens is 281 g/mol. The van der Waals surface area contributed by atoms with Crippen LogP contribution in [0.15, 0.2) is 53.4 Å². The molecule has 0 fully saturated rings. The fourth-order valence-electron chi connectivity index (χ4n) is 1.69. The second-order valence-corrected chi connectivity index (χ2v) is 6.04. The molecule has 0 aromatic heterocycles. The van der Waals surface area contributed by atoms with Crippen LogP contribution < -0.4 is 4.72 Å². The van der Waals surface area contributed by atoms with E-state index in [-0.39, 0.29) is 4.90 Å². The van der Waals surface area contributed by atoms with Gasteiger partial charge in [-0.3, -0.25) is 4.72 Å². The minimum absolute atomic E-state index is 0.0265. The summed E-state index contributed by atoms with van der Waals surface area (Å²) < 4.78 is 39.4. The molecule has 1 atom stereocenters. The molecule has 2 aromatic carbocycles. The number of benzene rings is 2. The summed E-state index contributed by atoms with van der Waals surface area (Å²) in [6.45, 7) is 1.59. The van der Waals surface area contributed by atoms with Crippen LogP contribution >= 0.6 is 0 Å². The maximum Gasteiger partial charge on any atom is 0.261 e. The van der Waals surface area contributed by atoms with Crippen LogP contribution in [-0.4, -0.2) is 13.5 Å². The van der Waals surface area contributed by atoms with E-state index in [1.165, 1.54) is 12.1 Å². The maximum atomic E-state index is 12.8. The van der Waals surface area contributed by atoms with Gasteiger partial charge in [-0.1, -0.05) is 12.1 Å². The molecule has 1 unspecified atom stereocenters. The molecule has 0 aliphatic rings. The molecule has 20 heavy (non-hydrogen) atoms. The second-order valence-electron chi connectivity index (χ2n) is 4.36. The van der Waals surface area contributed by atoms with Crippen LogP contribution in [0.5, 0.6) is 0 Å². The Kier molecular flexibility index (Phi) is 4.06. The highest BCUT2D eigenvalue weighted by molar-refractivity contribution is 7.92. The van der Waals surface area contributed by atoms with Crippen LogP contribution in [0.4, 0.5) is 10.1 Å². The molecule has 2 N–H and O–H groups in total. The number of sulfonamides is 1. The number of rotatable bonds is 4. The third-order valence-electron chi connectivity index (χ3n) is 2.75. The van der Waals surface area contributed by atoms with E-state index in [0.717, 1.165) is 12.1 Å². The predicted octanol–water partition coefficient (Wildman–Crippen LogP) is 2.68. The van der Waals surface area contributed by atoms with Gasteiger partial charge in [-0.2, -0.15) is 0 Å².